The number of carbonyl (C=O) groups is 1. The summed E-state index contributed by atoms with van der Waals surface area (Å²) < 4.78 is 10.3. The van der Waals surface area contributed by atoms with Crippen LogP contribution in [0.4, 0.5) is 0 Å². The van der Waals surface area contributed by atoms with Gasteiger partial charge < -0.3 is 20.5 Å². The molecule has 0 heterocycles. The van der Waals surface area contributed by atoms with E-state index in [0.29, 0.717) is 31.1 Å². The van der Waals surface area contributed by atoms with E-state index in [1.165, 1.54) is 0 Å². The van der Waals surface area contributed by atoms with E-state index >= 15 is 0 Å². The molecule has 0 aliphatic heterocycles. The molecule has 114 valence electrons. The van der Waals surface area contributed by atoms with Gasteiger partial charge in [-0.15, -0.1) is 12.4 Å². The topological polar surface area (TPSA) is 73.6 Å². The van der Waals surface area contributed by atoms with Crippen LogP contribution in [0.3, 0.4) is 0 Å². The number of halogens is 1. The fourth-order valence-electron chi connectivity index (χ4n) is 1.38. The summed E-state index contributed by atoms with van der Waals surface area (Å²) in [5, 5.41) is 2.87. The van der Waals surface area contributed by atoms with E-state index in [0.717, 1.165) is 0 Å². The van der Waals surface area contributed by atoms with Crippen LogP contribution in [0.5, 0.6) is 5.75 Å². The molecule has 1 amide bonds. The van der Waals surface area contributed by atoms with Crippen molar-refractivity contribution in [3.05, 3.63) is 29.8 Å². The molecule has 1 rings (SSSR count). The first-order valence-corrected chi connectivity index (χ1v) is 6.23. The maximum absolute atomic E-state index is 12.0. The Labute approximate surface area is 126 Å². The molecule has 0 atom stereocenters. The molecule has 0 aliphatic rings. The third-order valence-corrected chi connectivity index (χ3v) is 2.63. The second-order valence-electron chi connectivity index (χ2n) is 4.91. The molecule has 20 heavy (non-hydrogen) atoms. The molecule has 0 aromatic heterocycles. The number of carbonyl (C=O) groups excluding carboxylic acids is 1. The van der Waals surface area contributed by atoms with E-state index < -0.39 is 5.54 Å². The summed E-state index contributed by atoms with van der Waals surface area (Å²) in [7, 11) is 1.62. The van der Waals surface area contributed by atoms with E-state index in [1.54, 1.807) is 31.4 Å². The van der Waals surface area contributed by atoms with Gasteiger partial charge in [0.2, 0.25) is 0 Å². The Morgan fingerprint density at radius 2 is 1.85 bits per heavy atom. The van der Waals surface area contributed by atoms with Gasteiger partial charge in [0.1, 0.15) is 12.4 Å². The maximum Gasteiger partial charge on any atom is 0.251 e. The average Bonchev–Trinajstić information content (AvgIpc) is 2.39. The lowest BCUT2D eigenvalue weighted by Gasteiger charge is -2.24. The zero-order valence-corrected chi connectivity index (χ0v) is 13.0. The summed E-state index contributed by atoms with van der Waals surface area (Å²) in [5.74, 6) is 0.575. The number of hydrogen-bond acceptors (Lipinski definition) is 4. The number of methoxy groups -OCH3 is 1. The summed E-state index contributed by atoms with van der Waals surface area (Å²) in [4.78, 5) is 12.0. The second-order valence-corrected chi connectivity index (χ2v) is 4.91. The summed E-state index contributed by atoms with van der Waals surface area (Å²) >= 11 is 0. The Kier molecular flexibility index (Phi) is 8.22. The summed E-state index contributed by atoms with van der Waals surface area (Å²) in [5.41, 5.74) is 5.75. The normalized spacial score (nSPS) is 10.6. The minimum absolute atomic E-state index is 0. The van der Waals surface area contributed by atoms with E-state index in [1.807, 2.05) is 13.8 Å². The first-order chi connectivity index (χ1) is 8.98. The Morgan fingerprint density at radius 1 is 1.25 bits per heavy atom. The van der Waals surface area contributed by atoms with Crippen LogP contribution in [-0.4, -0.2) is 38.3 Å². The quantitative estimate of drug-likeness (QED) is 0.750. The third-order valence-electron chi connectivity index (χ3n) is 2.63. The van der Waals surface area contributed by atoms with Crippen molar-refractivity contribution in [3.63, 3.8) is 0 Å². The van der Waals surface area contributed by atoms with Crippen LogP contribution in [0.25, 0.3) is 0 Å². The molecule has 0 radical (unpaired) electrons. The van der Waals surface area contributed by atoms with E-state index in [9.17, 15) is 4.79 Å². The van der Waals surface area contributed by atoms with Crippen LogP contribution >= 0.6 is 12.4 Å². The predicted molar refractivity (Wildman–Crippen MR) is 81.7 cm³/mol. The Hall–Kier alpha value is -1.30. The molecule has 0 saturated carbocycles. The monoisotopic (exact) mass is 302 g/mol. The van der Waals surface area contributed by atoms with Gasteiger partial charge in [-0.3, -0.25) is 4.79 Å². The zero-order valence-electron chi connectivity index (χ0n) is 12.1. The molecule has 6 heteroatoms. The third kappa shape index (κ3) is 6.23. The highest BCUT2D eigenvalue weighted by molar-refractivity contribution is 5.94. The van der Waals surface area contributed by atoms with E-state index in [4.69, 9.17) is 15.2 Å². The molecule has 0 saturated heterocycles. The standard InChI is InChI=1S/C14H22N2O3.ClH/c1-14(2,10-15)16-13(17)11-4-6-12(7-5-11)19-9-8-18-3;/h4-7H,8-10,15H2,1-3H3,(H,16,17);1H. The second kappa shape index (κ2) is 8.79. The molecule has 0 spiro atoms. The number of hydrogen-bond donors (Lipinski definition) is 2. The lowest BCUT2D eigenvalue weighted by Crippen LogP contribution is -2.48. The van der Waals surface area contributed by atoms with Crippen LogP contribution in [0.1, 0.15) is 24.2 Å². The number of ether oxygens (including phenoxy) is 2. The Balaban J connectivity index is 0.00000361. The molecule has 0 aliphatic carbocycles. The zero-order chi connectivity index (χ0) is 14.3. The van der Waals surface area contributed by atoms with E-state index in [2.05, 4.69) is 5.32 Å². The van der Waals surface area contributed by atoms with Crippen molar-refractivity contribution in [1.29, 1.82) is 0 Å². The van der Waals surface area contributed by atoms with Gasteiger partial charge >= 0.3 is 0 Å². The van der Waals surface area contributed by atoms with Crippen molar-refractivity contribution in [3.8, 4) is 5.75 Å². The van der Waals surface area contributed by atoms with E-state index in [-0.39, 0.29) is 18.3 Å². The van der Waals surface area contributed by atoms with Gasteiger partial charge in [0, 0.05) is 24.8 Å². The first-order valence-electron chi connectivity index (χ1n) is 6.23. The Morgan fingerprint density at radius 3 is 2.35 bits per heavy atom. The van der Waals surface area contributed by atoms with Crippen molar-refractivity contribution in [2.24, 2.45) is 5.73 Å². The van der Waals surface area contributed by atoms with Crippen molar-refractivity contribution in [2.45, 2.75) is 19.4 Å². The van der Waals surface area contributed by atoms with Gasteiger partial charge in [-0.05, 0) is 38.1 Å². The molecule has 1 aromatic rings. The van der Waals surface area contributed by atoms with Gasteiger partial charge in [0.15, 0.2) is 0 Å². The molecule has 0 unspecified atom stereocenters. The first kappa shape index (κ1) is 18.7. The average molecular weight is 303 g/mol. The van der Waals surface area contributed by atoms with Crippen LogP contribution < -0.4 is 15.8 Å². The Bertz CT molecular complexity index is 407. The minimum Gasteiger partial charge on any atom is -0.491 e. The van der Waals surface area contributed by atoms with Crippen LogP contribution in [0.2, 0.25) is 0 Å². The van der Waals surface area contributed by atoms with Crippen molar-refractivity contribution < 1.29 is 14.3 Å². The lowest BCUT2D eigenvalue weighted by molar-refractivity contribution is 0.0915. The van der Waals surface area contributed by atoms with Crippen LogP contribution in [0.15, 0.2) is 24.3 Å². The molecular formula is C14H23ClN2O3. The van der Waals surface area contributed by atoms with Gasteiger partial charge in [-0.1, -0.05) is 0 Å². The fraction of sp³-hybridized carbons (Fsp3) is 0.500. The highest BCUT2D eigenvalue weighted by atomic mass is 35.5. The van der Waals surface area contributed by atoms with Gasteiger partial charge in [-0.2, -0.15) is 0 Å². The van der Waals surface area contributed by atoms with Crippen molar-refractivity contribution >= 4 is 18.3 Å². The number of benzene rings is 1. The highest BCUT2D eigenvalue weighted by Crippen LogP contribution is 2.13. The van der Waals surface area contributed by atoms with Gasteiger partial charge in [0.25, 0.3) is 5.91 Å². The predicted octanol–water partition coefficient (Wildman–Crippen LogP) is 1.60. The van der Waals surface area contributed by atoms with Crippen molar-refractivity contribution in [2.75, 3.05) is 26.9 Å². The molecule has 3 N–H and O–H groups in total. The summed E-state index contributed by atoms with van der Waals surface area (Å²) in [6, 6.07) is 6.98. The van der Waals surface area contributed by atoms with Crippen molar-refractivity contribution in [1.82, 2.24) is 5.32 Å². The number of rotatable bonds is 7. The SMILES string of the molecule is COCCOc1ccc(C(=O)NC(C)(C)CN)cc1.Cl. The minimum atomic E-state index is -0.412. The molecule has 0 fully saturated rings. The van der Waals surface area contributed by atoms with Gasteiger partial charge in [0.05, 0.1) is 6.61 Å². The smallest absolute Gasteiger partial charge is 0.251 e. The maximum atomic E-state index is 12.0. The van der Waals surface area contributed by atoms with Gasteiger partial charge in [-0.25, -0.2) is 0 Å². The largest absolute Gasteiger partial charge is 0.491 e. The summed E-state index contributed by atoms with van der Waals surface area (Å²) in [6.07, 6.45) is 0. The van der Waals surface area contributed by atoms with Crippen LogP contribution in [-0.2, 0) is 4.74 Å². The summed E-state index contributed by atoms with van der Waals surface area (Å²) in [6.45, 7) is 5.17. The van der Waals surface area contributed by atoms with Crippen LogP contribution in [0, 0.1) is 0 Å². The molecule has 0 bridgehead atoms. The number of amides is 1. The number of nitrogens with one attached hydrogen (secondary N) is 1. The molecular weight excluding hydrogens is 280 g/mol. The highest BCUT2D eigenvalue weighted by Gasteiger charge is 2.18. The molecule has 1 aromatic carbocycles. The number of nitrogens with two attached hydrogens (primary N) is 1. The fourth-order valence-corrected chi connectivity index (χ4v) is 1.38. The molecule has 5 nitrogen and oxygen atoms in total. The lowest BCUT2D eigenvalue weighted by atomic mass is 10.1.